The molecule has 0 bridgehead atoms. The summed E-state index contributed by atoms with van der Waals surface area (Å²) >= 11 is 3.25. The number of hydrogen-bond acceptors (Lipinski definition) is 4. The number of hydrogen-bond donors (Lipinski definition) is 1. The second kappa shape index (κ2) is 5.03. The van der Waals surface area contributed by atoms with Crippen LogP contribution in [-0.2, 0) is 10.0 Å². The van der Waals surface area contributed by atoms with Gasteiger partial charge in [0.15, 0.2) is 0 Å². The summed E-state index contributed by atoms with van der Waals surface area (Å²) < 4.78 is 36.3. The van der Waals surface area contributed by atoms with Crippen molar-refractivity contribution < 1.29 is 17.9 Å². The molecule has 16 heavy (non-hydrogen) atoms. The number of halogens is 1. The van der Waals surface area contributed by atoms with Gasteiger partial charge in [0.25, 0.3) is 0 Å². The molecule has 0 fully saturated rings. The Labute approximate surface area is 103 Å². The van der Waals surface area contributed by atoms with Crippen LogP contribution < -0.4 is 14.2 Å². The van der Waals surface area contributed by atoms with Crippen LogP contribution in [0.25, 0.3) is 0 Å². The van der Waals surface area contributed by atoms with E-state index in [-0.39, 0.29) is 10.6 Å². The predicted octanol–water partition coefficient (Wildman–Crippen LogP) is 1.37. The smallest absolute Gasteiger partial charge is 0.244 e. The second-order valence-corrected chi connectivity index (χ2v) is 5.55. The van der Waals surface area contributed by atoms with E-state index in [9.17, 15) is 8.42 Å². The minimum absolute atomic E-state index is 0.0394. The molecule has 1 aromatic carbocycles. The van der Waals surface area contributed by atoms with Crippen LogP contribution >= 0.6 is 15.9 Å². The van der Waals surface area contributed by atoms with Gasteiger partial charge in [0.1, 0.15) is 16.4 Å². The summed E-state index contributed by atoms with van der Waals surface area (Å²) in [6.07, 6.45) is 0. The Morgan fingerprint density at radius 3 is 2.19 bits per heavy atom. The van der Waals surface area contributed by atoms with Crippen molar-refractivity contribution in [3.63, 3.8) is 0 Å². The Morgan fingerprint density at radius 1 is 1.19 bits per heavy atom. The van der Waals surface area contributed by atoms with Gasteiger partial charge in [-0.05, 0) is 29.0 Å². The number of benzene rings is 1. The van der Waals surface area contributed by atoms with Gasteiger partial charge < -0.3 is 9.47 Å². The summed E-state index contributed by atoms with van der Waals surface area (Å²) in [5.74, 6) is 0.677. The number of rotatable bonds is 4. The summed E-state index contributed by atoms with van der Waals surface area (Å²) in [7, 11) is 0.637. The molecule has 1 N–H and O–H groups in total. The summed E-state index contributed by atoms with van der Waals surface area (Å²) in [6, 6.07) is 2.94. The molecule has 0 heterocycles. The molecule has 0 amide bonds. The Bertz CT molecular complexity index is 487. The van der Waals surface area contributed by atoms with E-state index in [2.05, 4.69) is 20.7 Å². The average Bonchev–Trinajstić information content (AvgIpc) is 2.28. The van der Waals surface area contributed by atoms with Gasteiger partial charge in [0.2, 0.25) is 10.0 Å². The zero-order chi connectivity index (χ0) is 12.3. The highest BCUT2D eigenvalue weighted by molar-refractivity contribution is 9.10. The van der Waals surface area contributed by atoms with Crippen molar-refractivity contribution in [3.05, 3.63) is 16.6 Å². The van der Waals surface area contributed by atoms with Gasteiger partial charge >= 0.3 is 0 Å². The van der Waals surface area contributed by atoms with E-state index in [1.807, 2.05) is 0 Å². The standard InChI is InChI=1S/C9H12BrNO4S/c1-11-16(12,13)9-5-7(14-2)6(10)4-8(9)15-3/h4-5,11H,1-3H3. The van der Waals surface area contributed by atoms with Crippen LogP contribution in [0, 0.1) is 0 Å². The SMILES string of the molecule is CNS(=O)(=O)c1cc(OC)c(Br)cc1OC. The fraction of sp³-hybridized carbons (Fsp3) is 0.333. The Hall–Kier alpha value is -0.790. The van der Waals surface area contributed by atoms with E-state index in [1.54, 1.807) is 6.07 Å². The van der Waals surface area contributed by atoms with Crippen LogP contribution in [0.15, 0.2) is 21.5 Å². The molecule has 7 heteroatoms. The van der Waals surface area contributed by atoms with Crippen molar-refractivity contribution in [1.82, 2.24) is 4.72 Å². The molecule has 1 rings (SSSR count). The lowest BCUT2D eigenvalue weighted by Crippen LogP contribution is -2.19. The van der Waals surface area contributed by atoms with Crippen molar-refractivity contribution >= 4 is 26.0 Å². The van der Waals surface area contributed by atoms with Crippen LogP contribution in [0.1, 0.15) is 0 Å². The third-order valence-corrected chi connectivity index (χ3v) is 4.05. The van der Waals surface area contributed by atoms with Crippen molar-refractivity contribution in [2.75, 3.05) is 21.3 Å². The Morgan fingerprint density at radius 2 is 1.75 bits per heavy atom. The van der Waals surface area contributed by atoms with E-state index >= 15 is 0 Å². The van der Waals surface area contributed by atoms with Gasteiger partial charge in [-0.2, -0.15) is 0 Å². The number of sulfonamides is 1. The van der Waals surface area contributed by atoms with Gasteiger partial charge in [0.05, 0.1) is 18.7 Å². The molecule has 0 spiro atoms. The molecule has 0 radical (unpaired) electrons. The summed E-state index contributed by atoms with van der Waals surface area (Å²) in [5.41, 5.74) is 0. The van der Waals surface area contributed by atoms with Crippen molar-refractivity contribution in [2.24, 2.45) is 0 Å². The first-order chi connectivity index (χ1) is 7.46. The maximum absolute atomic E-state index is 11.7. The van der Waals surface area contributed by atoms with E-state index in [0.29, 0.717) is 10.2 Å². The van der Waals surface area contributed by atoms with Crippen LogP contribution in [0.2, 0.25) is 0 Å². The molecule has 0 aliphatic carbocycles. The lowest BCUT2D eigenvalue weighted by Gasteiger charge is -2.11. The van der Waals surface area contributed by atoms with Crippen LogP contribution in [0.3, 0.4) is 0 Å². The zero-order valence-electron chi connectivity index (χ0n) is 9.07. The first-order valence-corrected chi connectivity index (χ1v) is 6.59. The lowest BCUT2D eigenvalue weighted by molar-refractivity contribution is 0.390. The van der Waals surface area contributed by atoms with Gasteiger partial charge in [-0.15, -0.1) is 0 Å². The highest BCUT2D eigenvalue weighted by Gasteiger charge is 2.20. The molecule has 90 valence electrons. The highest BCUT2D eigenvalue weighted by atomic mass is 79.9. The molecule has 0 saturated carbocycles. The first kappa shape index (κ1) is 13.3. The minimum atomic E-state index is -3.57. The number of methoxy groups -OCH3 is 2. The van der Waals surface area contributed by atoms with Crippen molar-refractivity contribution in [1.29, 1.82) is 0 Å². The van der Waals surface area contributed by atoms with E-state index in [4.69, 9.17) is 9.47 Å². The molecule has 0 aliphatic heterocycles. The zero-order valence-corrected chi connectivity index (χ0v) is 11.5. The largest absolute Gasteiger partial charge is 0.496 e. The molecule has 0 aromatic heterocycles. The molecule has 5 nitrogen and oxygen atoms in total. The van der Waals surface area contributed by atoms with E-state index in [1.165, 1.54) is 27.3 Å². The monoisotopic (exact) mass is 309 g/mol. The summed E-state index contributed by atoms with van der Waals surface area (Å²) in [4.78, 5) is 0.0394. The Balaban J connectivity index is 3.48. The van der Waals surface area contributed by atoms with Crippen LogP contribution in [0.4, 0.5) is 0 Å². The fourth-order valence-corrected chi connectivity index (χ4v) is 2.53. The minimum Gasteiger partial charge on any atom is -0.496 e. The quantitative estimate of drug-likeness (QED) is 0.912. The van der Waals surface area contributed by atoms with E-state index < -0.39 is 10.0 Å². The summed E-state index contributed by atoms with van der Waals surface area (Å²) in [5, 5.41) is 0. The van der Waals surface area contributed by atoms with Crippen molar-refractivity contribution in [3.8, 4) is 11.5 Å². The molecule has 1 aromatic rings. The van der Waals surface area contributed by atoms with Gasteiger partial charge in [-0.1, -0.05) is 0 Å². The van der Waals surface area contributed by atoms with Crippen molar-refractivity contribution in [2.45, 2.75) is 4.90 Å². The highest BCUT2D eigenvalue weighted by Crippen LogP contribution is 2.34. The number of ether oxygens (including phenoxy) is 2. The van der Waals surface area contributed by atoms with Crippen LogP contribution in [-0.4, -0.2) is 29.7 Å². The average molecular weight is 310 g/mol. The summed E-state index contributed by atoms with van der Waals surface area (Å²) in [6.45, 7) is 0. The second-order valence-electron chi connectivity index (χ2n) is 2.85. The predicted molar refractivity (Wildman–Crippen MR) is 63.5 cm³/mol. The topological polar surface area (TPSA) is 64.6 Å². The molecular weight excluding hydrogens is 298 g/mol. The van der Waals surface area contributed by atoms with Gasteiger partial charge in [0, 0.05) is 6.07 Å². The maximum atomic E-state index is 11.7. The fourth-order valence-electron chi connectivity index (χ4n) is 1.15. The molecule has 0 saturated heterocycles. The van der Waals surface area contributed by atoms with E-state index in [0.717, 1.165) is 0 Å². The van der Waals surface area contributed by atoms with Gasteiger partial charge in [-0.3, -0.25) is 0 Å². The third kappa shape index (κ3) is 2.47. The number of nitrogens with one attached hydrogen (secondary N) is 1. The van der Waals surface area contributed by atoms with Gasteiger partial charge in [-0.25, -0.2) is 13.1 Å². The normalized spacial score (nSPS) is 11.2. The molecular formula is C9H12BrNO4S. The molecule has 0 unspecified atom stereocenters. The molecule has 0 atom stereocenters. The van der Waals surface area contributed by atoms with Crippen LogP contribution in [0.5, 0.6) is 11.5 Å². The molecule has 0 aliphatic rings. The first-order valence-electron chi connectivity index (χ1n) is 4.31. The Kier molecular flexibility index (Phi) is 4.17. The third-order valence-electron chi connectivity index (χ3n) is 2.00. The maximum Gasteiger partial charge on any atom is 0.244 e. The lowest BCUT2D eigenvalue weighted by atomic mass is 10.3.